The molecule has 7 nitrogen and oxygen atoms in total. The predicted octanol–water partition coefficient (Wildman–Crippen LogP) is 4.93. The first-order valence-corrected chi connectivity index (χ1v) is 10.8. The number of thioether (sulfide) groups is 1. The van der Waals surface area contributed by atoms with Gasteiger partial charge in [-0.15, -0.1) is 0 Å². The van der Waals surface area contributed by atoms with Gasteiger partial charge in [0.25, 0.3) is 0 Å². The number of rotatable bonds is 6. The van der Waals surface area contributed by atoms with E-state index in [4.69, 9.17) is 9.47 Å². The van der Waals surface area contributed by atoms with Crippen LogP contribution in [0.15, 0.2) is 46.2 Å². The molecule has 2 aromatic carbocycles. The van der Waals surface area contributed by atoms with Crippen LogP contribution < -0.4 is 14.8 Å². The summed E-state index contributed by atoms with van der Waals surface area (Å²) in [6.45, 7) is 2.00. The second-order valence-electron chi connectivity index (χ2n) is 6.60. The highest BCUT2D eigenvalue weighted by Gasteiger charge is 2.16. The largest absolute Gasteiger partial charge is 0.493 e. The van der Waals surface area contributed by atoms with Gasteiger partial charge in [0.05, 0.1) is 36.7 Å². The summed E-state index contributed by atoms with van der Waals surface area (Å²) in [6, 6.07) is 9.55. The van der Waals surface area contributed by atoms with Gasteiger partial charge in [-0.3, -0.25) is 4.79 Å². The summed E-state index contributed by atoms with van der Waals surface area (Å²) in [7, 11) is 3.19. The first-order chi connectivity index (χ1) is 14.5. The molecule has 30 heavy (non-hydrogen) atoms. The second-order valence-corrected chi connectivity index (χ2v) is 8.42. The number of amides is 1. The van der Waals surface area contributed by atoms with Gasteiger partial charge in [0, 0.05) is 15.9 Å². The molecule has 0 aliphatic carbocycles. The highest BCUT2D eigenvalue weighted by atomic mass is 79.9. The summed E-state index contributed by atoms with van der Waals surface area (Å²) < 4.78 is 11.6. The fraction of sp³-hybridized carbons (Fsp3) is 0.190. The van der Waals surface area contributed by atoms with Crippen LogP contribution in [0.1, 0.15) is 5.56 Å². The van der Waals surface area contributed by atoms with Crippen LogP contribution in [0, 0.1) is 6.92 Å². The SMILES string of the molecule is COc1cc2[nH]c3c(SCC(=O)Nc4ccc(C)cc4Br)ncnc3c2cc1OC. The number of hydrogen-bond donors (Lipinski definition) is 2. The van der Waals surface area contributed by atoms with Gasteiger partial charge in [-0.05, 0) is 46.6 Å². The molecule has 9 heteroatoms. The van der Waals surface area contributed by atoms with E-state index in [0.29, 0.717) is 16.5 Å². The van der Waals surface area contributed by atoms with Crippen molar-refractivity contribution in [1.29, 1.82) is 0 Å². The van der Waals surface area contributed by atoms with Gasteiger partial charge in [0.2, 0.25) is 5.91 Å². The van der Waals surface area contributed by atoms with E-state index in [1.165, 1.54) is 18.1 Å². The van der Waals surface area contributed by atoms with Gasteiger partial charge in [-0.25, -0.2) is 9.97 Å². The number of fused-ring (bicyclic) bond motifs is 3. The van der Waals surface area contributed by atoms with Crippen LogP contribution in [-0.4, -0.2) is 40.8 Å². The molecule has 0 spiro atoms. The van der Waals surface area contributed by atoms with E-state index < -0.39 is 0 Å². The average molecular weight is 487 g/mol. The van der Waals surface area contributed by atoms with Gasteiger partial charge < -0.3 is 19.8 Å². The molecule has 2 heterocycles. The number of ether oxygens (including phenoxy) is 2. The number of carbonyl (C=O) groups is 1. The molecule has 0 atom stereocenters. The number of anilines is 1. The Bertz CT molecular complexity index is 1260. The monoisotopic (exact) mass is 486 g/mol. The number of hydrogen-bond acceptors (Lipinski definition) is 6. The van der Waals surface area contributed by atoms with Gasteiger partial charge in [-0.1, -0.05) is 17.8 Å². The summed E-state index contributed by atoms with van der Waals surface area (Å²) in [5, 5.41) is 4.52. The number of benzene rings is 2. The van der Waals surface area contributed by atoms with Gasteiger partial charge >= 0.3 is 0 Å². The summed E-state index contributed by atoms with van der Waals surface area (Å²) in [5.41, 5.74) is 4.26. The Kier molecular flexibility index (Phi) is 5.83. The minimum atomic E-state index is -0.115. The van der Waals surface area contributed by atoms with Gasteiger partial charge in [0.15, 0.2) is 11.5 Å². The predicted molar refractivity (Wildman–Crippen MR) is 123 cm³/mol. The summed E-state index contributed by atoms with van der Waals surface area (Å²) in [4.78, 5) is 24.6. The fourth-order valence-corrected chi connectivity index (χ4v) is 4.50. The molecule has 1 amide bonds. The lowest BCUT2D eigenvalue weighted by molar-refractivity contribution is -0.113. The Morgan fingerprint density at radius 3 is 2.67 bits per heavy atom. The third-order valence-electron chi connectivity index (χ3n) is 4.59. The molecule has 2 N–H and O–H groups in total. The van der Waals surface area contributed by atoms with Crippen molar-refractivity contribution in [3.63, 3.8) is 0 Å². The van der Waals surface area contributed by atoms with Gasteiger partial charge in [0.1, 0.15) is 16.9 Å². The van der Waals surface area contributed by atoms with Crippen molar-refractivity contribution in [3.8, 4) is 11.5 Å². The fourth-order valence-electron chi connectivity index (χ4n) is 3.15. The Hall–Kier alpha value is -2.78. The number of aryl methyl sites for hydroxylation is 1. The number of halogens is 1. The number of nitrogens with one attached hydrogen (secondary N) is 2. The van der Waals surface area contributed by atoms with Crippen molar-refractivity contribution < 1.29 is 14.3 Å². The molecule has 0 radical (unpaired) electrons. The highest BCUT2D eigenvalue weighted by Crippen LogP contribution is 2.37. The van der Waals surface area contributed by atoms with Crippen LogP contribution in [0.3, 0.4) is 0 Å². The average Bonchev–Trinajstić information content (AvgIpc) is 3.11. The molecule has 0 aliphatic heterocycles. The first kappa shape index (κ1) is 20.5. The Morgan fingerprint density at radius 1 is 1.17 bits per heavy atom. The molecule has 154 valence electrons. The van der Waals surface area contributed by atoms with Crippen LogP contribution in [0.25, 0.3) is 21.9 Å². The number of H-pyrrole nitrogens is 1. The molecule has 2 aromatic heterocycles. The Balaban J connectivity index is 1.59. The zero-order valence-electron chi connectivity index (χ0n) is 16.6. The van der Waals surface area contributed by atoms with Crippen molar-refractivity contribution in [2.24, 2.45) is 0 Å². The van der Waals surface area contributed by atoms with E-state index >= 15 is 0 Å². The van der Waals surface area contributed by atoms with Crippen LogP contribution >= 0.6 is 27.7 Å². The molecular weight excluding hydrogens is 468 g/mol. The first-order valence-electron chi connectivity index (χ1n) is 9.07. The Labute approximate surface area is 185 Å². The zero-order valence-corrected chi connectivity index (χ0v) is 19.0. The molecule has 0 aliphatic rings. The molecule has 0 unspecified atom stereocenters. The normalized spacial score (nSPS) is 11.1. The molecule has 0 fully saturated rings. The molecule has 0 saturated carbocycles. The van der Waals surface area contributed by atoms with E-state index in [2.05, 4.69) is 36.2 Å². The minimum Gasteiger partial charge on any atom is -0.493 e. The second kappa shape index (κ2) is 8.53. The number of aromatic amines is 1. The van der Waals surface area contributed by atoms with Crippen molar-refractivity contribution >= 4 is 61.2 Å². The summed E-state index contributed by atoms with van der Waals surface area (Å²) in [6.07, 6.45) is 1.50. The number of aromatic nitrogens is 3. The topological polar surface area (TPSA) is 89.1 Å². The maximum absolute atomic E-state index is 12.5. The summed E-state index contributed by atoms with van der Waals surface area (Å²) >= 11 is 4.83. The van der Waals surface area contributed by atoms with Crippen LogP contribution in [-0.2, 0) is 4.79 Å². The van der Waals surface area contributed by atoms with Gasteiger partial charge in [-0.2, -0.15) is 0 Å². The lowest BCUT2D eigenvalue weighted by atomic mass is 10.2. The van der Waals surface area contributed by atoms with Crippen LogP contribution in [0.4, 0.5) is 5.69 Å². The van der Waals surface area contributed by atoms with E-state index in [9.17, 15) is 4.79 Å². The van der Waals surface area contributed by atoms with Crippen molar-refractivity contribution in [2.45, 2.75) is 11.9 Å². The molecular formula is C21H19BrN4O3S. The number of carbonyl (C=O) groups excluding carboxylic acids is 1. The van der Waals surface area contributed by atoms with E-state index in [1.54, 1.807) is 14.2 Å². The van der Waals surface area contributed by atoms with E-state index in [1.807, 2.05) is 37.3 Å². The van der Waals surface area contributed by atoms with Crippen molar-refractivity contribution in [1.82, 2.24) is 15.0 Å². The maximum atomic E-state index is 12.5. The van der Waals surface area contributed by atoms with Crippen molar-refractivity contribution in [3.05, 3.63) is 46.7 Å². The van der Waals surface area contributed by atoms with Crippen LogP contribution in [0.5, 0.6) is 11.5 Å². The maximum Gasteiger partial charge on any atom is 0.234 e. The third kappa shape index (κ3) is 3.95. The summed E-state index contributed by atoms with van der Waals surface area (Å²) in [5.74, 6) is 1.35. The number of methoxy groups -OCH3 is 2. The highest BCUT2D eigenvalue weighted by molar-refractivity contribution is 9.10. The van der Waals surface area contributed by atoms with E-state index in [-0.39, 0.29) is 11.7 Å². The molecule has 0 saturated heterocycles. The zero-order chi connectivity index (χ0) is 21.3. The minimum absolute atomic E-state index is 0.115. The van der Waals surface area contributed by atoms with Crippen molar-refractivity contribution in [2.75, 3.05) is 25.3 Å². The number of nitrogens with zero attached hydrogens (tertiary/aromatic N) is 2. The Morgan fingerprint density at radius 2 is 1.93 bits per heavy atom. The van der Waals surface area contributed by atoms with Crippen LogP contribution in [0.2, 0.25) is 0 Å². The standard InChI is InChI=1S/C21H19BrN4O3S/c1-11-4-5-14(13(22)6-11)25-18(27)9-30-21-20-19(23-10-24-21)12-7-16(28-2)17(29-3)8-15(12)26-20/h4-8,10,26H,9H2,1-3H3,(H,25,27). The lowest BCUT2D eigenvalue weighted by Gasteiger charge is -2.08. The lowest BCUT2D eigenvalue weighted by Crippen LogP contribution is -2.14. The molecule has 4 aromatic rings. The quantitative estimate of drug-likeness (QED) is 0.296. The van der Waals surface area contributed by atoms with E-state index in [0.717, 1.165) is 37.7 Å². The molecule has 0 bridgehead atoms. The smallest absolute Gasteiger partial charge is 0.234 e. The third-order valence-corrected chi connectivity index (χ3v) is 6.24. The molecule has 4 rings (SSSR count).